The summed E-state index contributed by atoms with van der Waals surface area (Å²) >= 11 is 0. The number of anilines is 1. The Bertz CT molecular complexity index is 377. The molecule has 1 amide bonds. The van der Waals surface area contributed by atoms with Crippen molar-refractivity contribution in [2.75, 3.05) is 12.3 Å². The Morgan fingerprint density at radius 3 is 2.69 bits per heavy atom. The molecule has 2 N–H and O–H groups in total. The molecule has 16 heavy (non-hydrogen) atoms. The zero-order valence-electron chi connectivity index (χ0n) is 9.35. The minimum atomic E-state index is 0. The first-order valence-corrected chi connectivity index (χ1v) is 5.39. The molecule has 0 saturated heterocycles. The zero-order valence-corrected chi connectivity index (χ0v) is 10.2. The smallest absolute Gasteiger partial charge is 0.254 e. The maximum atomic E-state index is 12.1. The summed E-state index contributed by atoms with van der Waals surface area (Å²) in [5.74, 6) is 0.104. The van der Waals surface area contributed by atoms with Crippen molar-refractivity contribution in [2.45, 2.75) is 25.8 Å². The van der Waals surface area contributed by atoms with Gasteiger partial charge in [-0.25, -0.2) is 0 Å². The van der Waals surface area contributed by atoms with Crippen LogP contribution in [-0.2, 0) is 0 Å². The first kappa shape index (κ1) is 12.8. The van der Waals surface area contributed by atoms with Crippen molar-refractivity contribution < 1.29 is 4.79 Å². The molecule has 0 radical (unpaired) electrons. The second-order valence-corrected chi connectivity index (χ2v) is 3.95. The van der Waals surface area contributed by atoms with Crippen molar-refractivity contribution in [1.82, 2.24) is 4.90 Å². The number of halogens is 1. The van der Waals surface area contributed by atoms with E-state index in [4.69, 9.17) is 5.73 Å². The van der Waals surface area contributed by atoms with Gasteiger partial charge >= 0.3 is 0 Å². The highest BCUT2D eigenvalue weighted by atomic mass is 35.5. The van der Waals surface area contributed by atoms with E-state index in [9.17, 15) is 4.79 Å². The molecule has 1 saturated carbocycles. The molecule has 0 aromatic heterocycles. The Balaban J connectivity index is 0.00000128. The fourth-order valence-electron chi connectivity index (χ4n) is 1.79. The quantitative estimate of drug-likeness (QED) is 0.825. The van der Waals surface area contributed by atoms with E-state index in [0.717, 1.165) is 19.4 Å². The van der Waals surface area contributed by atoms with Crippen LogP contribution in [0, 0.1) is 0 Å². The molecule has 0 spiro atoms. The molecule has 1 fully saturated rings. The number of nitrogens with zero attached hydrogens (tertiary/aromatic N) is 1. The highest BCUT2D eigenvalue weighted by Gasteiger charge is 2.31. The SMILES string of the molecule is CCN(C(=O)c1cccc(N)c1)C1CC1.Cl. The summed E-state index contributed by atoms with van der Waals surface area (Å²) < 4.78 is 0. The van der Waals surface area contributed by atoms with Crippen molar-refractivity contribution in [3.05, 3.63) is 29.8 Å². The Morgan fingerprint density at radius 2 is 2.19 bits per heavy atom. The van der Waals surface area contributed by atoms with Gasteiger partial charge in [-0.1, -0.05) is 6.07 Å². The van der Waals surface area contributed by atoms with Gasteiger partial charge in [0, 0.05) is 23.8 Å². The lowest BCUT2D eigenvalue weighted by Gasteiger charge is -2.20. The van der Waals surface area contributed by atoms with E-state index in [1.54, 1.807) is 12.1 Å². The molecule has 3 nitrogen and oxygen atoms in total. The summed E-state index contributed by atoms with van der Waals surface area (Å²) in [6, 6.07) is 7.65. The Labute approximate surface area is 102 Å². The van der Waals surface area contributed by atoms with Gasteiger partial charge in [-0.05, 0) is 38.0 Å². The number of nitrogens with two attached hydrogens (primary N) is 1. The van der Waals surface area contributed by atoms with Crippen molar-refractivity contribution in [3.63, 3.8) is 0 Å². The molecule has 88 valence electrons. The van der Waals surface area contributed by atoms with E-state index in [1.165, 1.54) is 0 Å². The van der Waals surface area contributed by atoms with Crippen molar-refractivity contribution in [1.29, 1.82) is 0 Å². The second-order valence-electron chi connectivity index (χ2n) is 3.95. The third-order valence-corrected chi connectivity index (χ3v) is 2.72. The molecule has 0 unspecified atom stereocenters. The van der Waals surface area contributed by atoms with E-state index in [-0.39, 0.29) is 18.3 Å². The average Bonchev–Trinajstić information content (AvgIpc) is 3.03. The van der Waals surface area contributed by atoms with Crippen molar-refractivity contribution in [3.8, 4) is 0 Å². The predicted molar refractivity (Wildman–Crippen MR) is 67.8 cm³/mol. The molecule has 0 aliphatic heterocycles. The number of amides is 1. The number of hydrogen-bond donors (Lipinski definition) is 1. The fourth-order valence-corrected chi connectivity index (χ4v) is 1.79. The van der Waals surface area contributed by atoms with Crippen LogP contribution in [-0.4, -0.2) is 23.4 Å². The van der Waals surface area contributed by atoms with E-state index < -0.39 is 0 Å². The van der Waals surface area contributed by atoms with Crippen LogP contribution in [0.3, 0.4) is 0 Å². The minimum absolute atomic E-state index is 0. The van der Waals surface area contributed by atoms with E-state index >= 15 is 0 Å². The average molecular weight is 241 g/mol. The van der Waals surface area contributed by atoms with Gasteiger partial charge in [0.1, 0.15) is 0 Å². The number of carbonyl (C=O) groups is 1. The molecule has 2 rings (SSSR count). The van der Waals surface area contributed by atoms with Gasteiger partial charge in [-0.15, -0.1) is 12.4 Å². The van der Waals surface area contributed by atoms with Gasteiger partial charge in [-0.2, -0.15) is 0 Å². The molecule has 4 heteroatoms. The summed E-state index contributed by atoms with van der Waals surface area (Å²) in [5, 5.41) is 0. The third kappa shape index (κ3) is 2.67. The van der Waals surface area contributed by atoms with Crippen LogP contribution in [0.4, 0.5) is 5.69 Å². The maximum absolute atomic E-state index is 12.1. The number of hydrogen-bond acceptors (Lipinski definition) is 2. The minimum Gasteiger partial charge on any atom is -0.399 e. The van der Waals surface area contributed by atoms with Gasteiger partial charge in [0.15, 0.2) is 0 Å². The highest BCUT2D eigenvalue weighted by Crippen LogP contribution is 2.28. The zero-order chi connectivity index (χ0) is 10.8. The maximum Gasteiger partial charge on any atom is 0.254 e. The summed E-state index contributed by atoms with van der Waals surface area (Å²) in [6.45, 7) is 2.79. The lowest BCUT2D eigenvalue weighted by molar-refractivity contribution is 0.0752. The van der Waals surface area contributed by atoms with E-state index in [0.29, 0.717) is 17.3 Å². The monoisotopic (exact) mass is 240 g/mol. The summed E-state index contributed by atoms with van der Waals surface area (Å²) in [5.41, 5.74) is 7.00. The molecule has 1 aliphatic carbocycles. The summed E-state index contributed by atoms with van der Waals surface area (Å²) in [4.78, 5) is 14.0. The number of carbonyl (C=O) groups excluding carboxylic acids is 1. The van der Waals surface area contributed by atoms with Gasteiger partial charge in [-0.3, -0.25) is 4.79 Å². The Kier molecular flexibility index (Phi) is 4.19. The largest absolute Gasteiger partial charge is 0.399 e. The van der Waals surface area contributed by atoms with Gasteiger partial charge < -0.3 is 10.6 Å². The molecule has 0 bridgehead atoms. The standard InChI is InChI=1S/C12H16N2O.ClH/c1-2-14(11-6-7-11)12(15)9-4-3-5-10(13)8-9;/h3-5,8,11H,2,6-7,13H2,1H3;1H. The molecule has 0 heterocycles. The molecular weight excluding hydrogens is 224 g/mol. The first-order chi connectivity index (χ1) is 7.22. The fraction of sp³-hybridized carbons (Fsp3) is 0.417. The number of nitrogen functional groups attached to an aromatic ring is 1. The van der Waals surface area contributed by atoms with E-state index in [2.05, 4.69) is 0 Å². The van der Waals surface area contributed by atoms with Gasteiger partial charge in [0.25, 0.3) is 5.91 Å². The summed E-state index contributed by atoms with van der Waals surface area (Å²) in [6.07, 6.45) is 2.28. The van der Waals surface area contributed by atoms with Crippen LogP contribution >= 0.6 is 12.4 Å². The highest BCUT2D eigenvalue weighted by molar-refractivity contribution is 5.95. The van der Waals surface area contributed by atoms with Crippen molar-refractivity contribution in [2.24, 2.45) is 0 Å². The van der Waals surface area contributed by atoms with Crippen molar-refractivity contribution >= 4 is 24.0 Å². The predicted octanol–water partition coefficient (Wildman–Crippen LogP) is 2.32. The van der Waals surface area contributed by atoms with Gasteiger partial charge in [0.2, 0.25) is 0 Å². The first-order valence-electron chi connectivity index (χ1n) is 5.39. The molecule has 1 aromatic rings. The van der Waals surface area contributed by atoms with E-state index in [1.807, 2.05) is 24.0 Å². The van der Waals surface area contributed by atoms with Crippen LogP contribution in [0.1, 0.15) is 30.1 Å². The van der Waals surface area contributed by atoms with Crippen LogP contribution in [0.25, 0.3) is 0 Å². The number of rotatable bonds is 3. The molecular formula is C12H17ClN2O. The Hall–Kier alpha value is -1.22. The Morgan fingerprint density at radius 1 is 1.50 bits per heavy atom. The van der Waals surface area contributed by atoms with Crippen LogP contribution in [0.2, 0.25) is 0 Å². The van der Waals surface area contributed by atoms with Crippen LogP contribution in [0.5, 0.6) is 0 Å². The molecule has 0 atom stereocenters. The summed E-state index contributed by atoms with van der Waals surface area (Å²) in [7, 11) is 0. The molecule has 1 aliphatic rings. The molecule has 1 aromatic carbocycles. The lowest BCUT2D eigenvalue weighted by Crippen LogP contribution is -2.32. The van der Waals surface area contributed by atoms with Crippen LogP contribution in [0.15, 0.2) is 24.3 Å². The normalized spacial score (nSPS) is 14.1. The van der Waals surface area contributed by atoms with Crippen LogP contribution < -0.4 is 5.73 Å². The number of benzene rings is 1. The van der Waals surface area contributed by atoms with Gasteiger partial charge in [0.05, 0.1) is 0 Å². The second kappa shape index (κ2) is 5.21. The lowest BCUT2D eigenvalue weighted by atomic mass is 10.1. The third-order valence-electron chi connectivity index (χ3n) is 2.72. The topological polar surface area (TPSA) is 46.3 Å².